The summed E-state index contributed by atoms with van der Waals surface area (Å²) in [4.78, 5) is 30.7. The topological polar surface area (TPSA) is 131 Å². The zero-order chi connectivity index (χ0) is 30.8. The van der Waals surface area contributed by atoms with E-state index in [4.69, 9.17) is 23.7 Å². The van der Waals surface area contributed by atoms with Crippen LogP contribution in [0.2, 0.25) is 0 Å². The second-order valence-corrected chi connectivity index (χ2v) is 11.3. The number of likely N-dealkylation sites (N-methyl/N-ethyl adjacent to an activating group) is 1. The lowest BCUT2D eigenvalue weighted by molar-refractivity contribution is 0.0343. The summed E-state index contributed by atoms with van der Waals surface area (Å²) < 4.78 is 28.4. The number of nitrogens with zero attached hydrogens (tertiary/aromatic N) is 2. The highest BCUT2D eigenvalue weighted by Gasteiger charge is 2.34. The minimum Gasteiger partial charge on any atom is -0.486 e. The predicted molar refractivity (Wildman–Crippen MR) is 162 cm³/mol. The Hall–Kier alpha value is -4.68. The molecule has 3 aliphatic rings. The maximum absolute atomic E-state index is 13.8. The Bertz CT molecular complexity index is 1550. The van der Waals surface area contributed by atoms with Crippen LogP contribution in [0.3, 0.4) is 0 Å². The van der Waals surface area contributed by atoms with Crippen molar-refractivity contribution in [1.82, 2.24) is 9.80 Å². The van der Waals surface area contributed by atoms with E-state index in [9.17, 15) is 14.7 Å². The van der Waals surface area contributed by atoms with E-state index in [0.29, 0.717) is 48.1 Å². The van der Waals surface area contributed by atoms with Crippen LogP contribution >= 0.6 is 0 Å². The molecule has 6 rings (SSSR count). The summed E-state index contributed by atoms with van der Waals surface area (Å²) in [5.41, 5.74) is 2.23. The first-order valence-corrected chi connectivity index (χ1v) is 14.5. The lowest BCUT2D eigenvalue weighted by atomic mass is 9.99. The molecule has 0 unspecified atom stereocenters. The number of hydrogen-bond acceptors (Lipinski definition) is 9. The Labute approximate surface area is 255 Å². The molecule has 0 bridgehead atoms. The molecule has 3 atom stereocenters. The molecule has 3 aromatic rings. The molecule has 3 aliphatic heterocycles. The van der Waals surface area contributed by atoms with Gasteiger partial charge < -0.3 is 44.3 Å². The van der Waals surface area contributed by atoms with E-state index in [1.165, 1.54) is 0 Å². The van der Waals surface area contributed by atoms with Crippen molar-refractivity contribution in [3.05, 3.63) is 65.7 Å². The van der Waals surface area contributed by atoms with Crippen LogP contribution in [0.4, 0.5) is 16.2 Å². The number of aliphatic hydroxyl groups is 1. The Morgan fingerprint density at radius 1 is 1.00 bits per heavy atom. The van der Waals surface area contributed by atoms with Gasteiger partial charge in [0.15, 0.2) is 28.7 Å². The molecular weight excluding hydrogens is 568 g/mol. The molecule has 0 spiro atoms. The number of carbonyl (C=O) groups is 2. The molecule has 232 valence electrons. The Morgan fingerprint density at radius 2 is 1.70 bits per heavy atom. The zero-order valence-electron chi connectivity index (χ0n) is 24.9. The van der Waals surface area contributed by atoms with Gasteiger partial charge in [-0.25, -0.2) is 4.79 Å². The van der Waals surface area contributed by atoms with Crippen molar-refractivity contribution in [2.45, 2.75) is 32.5 Å². The number of aliphatic hydroxyl groups excluding tert-OH is 1. The van der Waals surface area contributed by atoms with Gasteiger partial charge in [-0.3, -0.25) is 9.69 Å². The average molecular weight is 605 g/mol. The van der Waals surface area contributed by atoms with Gasteiger partial charge >= 0.3 is 6.03 Å². The maximum Gasteiger partial charge on any atom is 0.323 e. The molecule has 3 amide bonds. The van der Waals surface area contributed by atoms with Gasteiger partial charge in [-0.2, -0.15) is 0 Å². The van der Waals surface area contributed by atoms with E-state index in [1.54, 1.807) is 41.3 Å². The molecule has 0 saturated carbocycles. The first-order valence-electron chi connectivity index (χ1n) is 14.5. The SMILES string of the molecule is C[C@@H]1CN([C@@H](C)CO)C(=O)c2cccc(NC(=O)Nc3ccc4c(c3)OCO4)c2O[C@@H]1CN(C)Cc1ccc2c(c1)OCO2. The van der Waals surface area contributed by atoms with Gasteiger partial charge in [-0.05, 0) is 55.9 Å². The Balaban J connectivity index is 1.24. The van der Waals surface area contributed by atoms with Gasteiger partial charge in [0.2, 0.25) is 13.6 Å². The number of urea groups is 1. The largest absolute Gasteiger partial charge is 0.486 e. The normalized spacial score (nSPS) is 19.1. The molecule has 3 heterocycles. The molecule has 44 heavy (non-hydrogen) atoms. The summed E-state index contributed by atoms with van der Waals surface area (Å²) >= 11 is 0. The second-order valence-electron chi connectivity index (χ2n) is 11.3. The van der Waals surface area contributed by atoms with Crippen molar-refractivity contribution < 1.29 is 38.4 Å². The molecule has 0 aromatic heterocycles. The van der Waals surface area contributed by atoms with E-state index >= 15 is 0 Å². The highest BCUT2D eigenvalue weighted by Crippen LogP contribution is 2.37. The van der Waals surface area contributed by atoms with Gasteiger partial charge in [0.25, 0.3) is 5.91 Å². The first kappa shape index (κ1) is 29.4. The summed E-state index contributed by atoms with van der Waals surface area (Å²) in [7, 11) is 2.00. The highest BCUT2D eigenvalue weighted by atomic mass is 16.7. The van der Waals surface area contributed by atoms with Gasteiger partial charge in [0.1, 0.15) is 6.10 Å². The van der Waals surface area contributed by atoms with Crippen LogP contribution < -0.4 is 34.3 Å². The number of nitrogens with one attached hydrogen (secondary N) is 2. The van der Waals surface area contributed by atoms with Gasteiger partial charge in [-0.15, -0.1) is 0 Å². The van der Waals surface area contributed by atoms with Crippen LogP contribution in [0.5, 0.6) is 28.7 Å². The minimum absolute atomic E-state index is 0.101. The highest BCUT2D eigenvalue weighted by molar-refractivity contribution is 6.04. The standard InChI is InChI=1S/C32H36N4O8/c1-19-13-36(20(2)16-37)31(38)23-5-4-6-24(34-32(39)33-22-8-10-26-28(12-22)43-18-41-26)30(23)44-29(19)15-35(3)14-21-7-9-25-27(11-21)42-17-40-25/h4-12,19-20,29,37H,13-18H2,1-3H3,(H2,33,34,39)/t19-,20+,29-/m1/s1. The van der Waals surface area contributed by atoms with E-state index in [0.717, 1.165) is 17.1 Å². The number of anilines is 2. The summed E-state index contributed by atoms with van der Waals surface area (Å²) in [6.07, 6.45) is -0.353. The number of benzene rings is 3. The minimum atomic E-state index is -0.513. The summed E-state index contributed by atoms with van der Waals surface area (Å²) in [5, 5.41) is 15.6. The fourth-order valence-electron chi connectivity index (χ4n) is 5.54. The second kappa shape index (κ2) is 12.5. The van der Waals surface area contributed by atoms with Crippen LogP contribution in [0.25, 0.3) is 0 Å². The molecule has 3 aromatic carbocycles. The van der Waals surface area contributed by atoms with Crippen LogP contribution in [0.1, 0.15) is 29.8 Å². The quantitative estimate of drug-likeness (QED) is 0.347. The molecule has 12 heteroatoms. The predicted octanol–water partition coefficient (Wildman–Crippen LogP) is 4.14. The van der Waals surface area contributed by atoms with Crippen molar-refractivity contribution in [2.24, 2.45) is 5.92 Å². The summed E-state index contributed by atoms with van der Waals surface area (Å²) in [6.45, 7) is 5.55. The number of fused-ring (bicyclic) bond motifs is 3. The molecular formula is C32H36N4O8. The fraction of sp³-hybridized carbons (Fsp3) is 0.375. The van der Waals surface area contributed by atoms with Crippen LogP contribution in [-0.2, 0) is 6.54 Å². The van der Waals surface area contributed by atoms with E-state index in [1.807, 2.05) is 39.1 Å². The zero-order valence-corrected chi connectivity index (χ0v) is 24.9. The van der Waals surface area contributed by atoms with Gasteiger partial charge in [-0.1, -0.05) is 19.1 Å². The number of rotatable bonds is 8. The maximum atomic E-state index is 13.8. The fourth-order valence-corrected chi connectivity index (χ4v) is 5.54. The number of para-hydroxylation sites is 1. The number of hydrogen-bond donors (Lipinski definition) is 3. The first-order chi connectivity index (χ1) is 21.3. The molecule has 0 aliphatic carbocycles. The van der Waals surface area contributed by atoms with Crippen LogP contribution in [0, 0.1) is 5.92 Å². The summed E-state index contributed by atoms with van der Waals surface area (Å²) in [6, 6.07) is 15.2. The van der Waals surface area contributed by atoms with E-state index in [-0.39, 0.29) is 43.9 Å². The van der Waals surface area contributed by atoms with Crippen molar-refractivity contribution in [3.8, 4) is 28.7 Å². The van der Waals surface area contributed by atoms with Crippen molar-refractivity contribution in [2.75, 3.05) is 51.0 Å². The Kier molecular flexibility index (Phi) is 8.36. The Morgan fingerprint density at radius 3 is 2.45 bits per heavy atom. The van der Waals surface area contributed by atoms with Gasteiger partial charge in [0.05, 0.1) is 23.9 Å². The number of amides is 3. The smallest absolute Gasteiger partial charge is 0.323 e. The third-order valence-electron chi connectivity index (χ3n) is 7.95. The molecule has 3 N–H and O–H groups in total. The lowest BCUT2D eigenvalue weighted by Crippen LogP contribution is -2.49. The molecule has 12 nitrogen and oxygen atoms in total. The van der Waals surface area contributed by atoms with Crippen molar-refractivity contribution in [1.29, 1.82) is 0 Å². The summed E-state index contributed by atoms with van der Waals surface area (Å²) in [5.74, 6) is 2.51. The monoisotopic (exact) mass is 604 g/mol. The van der Waals surface area contributed by atoms with E-state index < -0.39 is 12.1 Å². The third-order valence-corrected chi connectivity index (χ3v) is 7.95. The van der Waals surface area contributed by atoms with Crippen molar-refractivity contribution >= 4 is 23.3 Å². The van der Waals surface area contributed by atoms with E-state index in [2.05, 4.69) is 15.5 Å². The number of ether oxygens (including phenoxy) is 5. The molecule has 0 radical (unpaired) electrons. The lowest BCUT2D eigenvalue weighted by Gasteiger charge is -2.38. The molecule has 0 saturated heterocycles. The van der Waals surface area contributed by atoms with Crippen LogP contribution in [0.15, 0.2) is 54.6 Å². The molecule has 0 fully saturated rings. The third kappa shape index (κ3) is 6.17. The van der Waals surface area contributed by atoms with Crippen molar-refractivity contribution in [3.63, 3.8) is 0 Å². The number of carbonyl (C=O) groups excluding carboxylic acids is 2. The van der Waals surface area contributed by atoms with Crippen LogP contribution in [-0.4, -0.2) is 79.3 Å². The van der Waals surface area contributed by atoms with Gasteiger partial charge in [0, 0.05) is 37.3 Å². The average Bonchev–Trinajstić information content (AvgIpc) is 3.68.